The lowest BCUT2D eigenvalue weighted by Gasteiger charge is -2.06. The summed E-state index contributed by atoms with van der Waals surface area (Å²) in [5.74, 6) is -1.06. The molecule has 0 amide bonds. The molecule has 1 aromatic carbocycles. The van der Waals surface area contributed by atoms with Gasteiger partial charge in [-0.05, 0) is 23.8 Å². The maximum atomic E-state index is 11.5. The summed E-state index contributed by atoms with van der Waals surface area (Å²) in [6.45, 7) is 1.09. The Morgan fingerprint density at radius 1 is 1.26 bits per heavy atom. The van der Waals surface area contributed by atoms with E-state index < -0.39 is 11.9 Å². The molecule has 0 aliphatic rings. The van der Waals surface area contributed by atoms with Crippen LogP contribution in [0.15, 0.2) is 23.8 Å². The lowest BCUT2D eigenvalue weighted by Crippen LogP contribution is -2.12. The van der Waals surface area contributed by atoms with Crippen LogP contribution < -0.4 is 0 Å². The van der Waals surface area contributed by atoms with Crippen LogP contribution in [0.3, 0.4) is 0 Å². The van der Waals surface area contributed by atoms with E-state index >= 15 is 0 Å². The summed E-state index contributed by atoms with van der Waals surface area (Å²) in [5.41, 5.74) is 0.859. The molecule has 0 fully saturated rings. The van der Waals surface area contributed by atoms with Gasteiger partial charge in [-0.3, -0.25) is 4.79 Å². The number of benzene rings is 1. The van der Waals surface area contributed by atoms with Gasteiger partial charge >= 0.3 is 11.9 Å². The molecule has 4 nitrogen and oxygen atoms in total. The zero-order valence-corrected chi connectivity index (χ0v) is 11.9. The minimum atomic E-state index is -0.577. The number of hydrogen-bond donors (Lipinski definition) is 0. The van der Waals surface area contributed by atoms with E-state index in [0.717, 1.165) is 0 Å². The summed E-state index contributed by atoms with van der Waals surface area (Å²) in [6, 6.07) is 4.89. The molecule has 6 heteroatoms. The monoisotopic (exact) mass is 302 g/mol. The van der Waals surface area contributed by atoms with Gasteiger partial charge in [-0.15, -0.1) is 0 Å². The Morgan fingerprint density at radius 3 is 2.47 bits per heavy atom. The van der Waals surface area contributed by atoms with Crippen molar-refractivity contribution in [1.82, 2.24) is 0 Å². The fourth-order valence-electron chi connectivity index (χ4n) is 1.27. The average Bonchev–Trinajstić information content (AvgIpc) is 2.37. The molecule has 0 saturated carbocycles. The maximum Gasteiger partial charge on any atom is 0.337 e. The molecule has 0 aromatic heterocycles. The molecule has 0 saturated heterocycles. The van der Waals surface area contributed by atoms with Crippen LogP contribution in [0.2, 0.25) is 10.0 Å². The third-order valence-corrected chi connectivity index (χ3v) is 2.90. The number of methoxy groups -OCH3 is 1. The van der Waals surface area contributed by atoms with E-state index in [4.69, 9.17) is 27.9 Å². The molecule has 19 heavy (non-hydrogen) atoms. The number of rotatable bonds is 4. The van der Waals surface area contributed by atoms with Crippen molar-refractivity contribution in [2.24, 2.45) is 0 Å². The Bertz CT molecular complexity index is 523. The van der Waals surface area contributed by atoms with Crippen molar-refractivity contribution in [2.75, 3.05) is 13.7 Å². The van der Waals surface area contributed by atoms with Crippen LogP contribution in [-0.4, -0.2) is 25.7 Å². The minimum absolute atomic E-state index is 0.164. The van der Waals surface area contributed by atoms with Crippen molar-refractivity contribution in [3.05, 3.63) is 39.4 Å². The highest BCUT2D eigenvalue weighted by Crippen LogP contribution is 2.23. The van der Waals surface area contributed by atoms with Crippen molar-refractivity contribution < 1.29 is 19.1 Å². The Labute approximate surface area is 120 Å². The lowest BCUT2D eigenvalue weighted by atomic mass is 10.1. The normalized spacial score (nSPS) is 11.1. The fourth-order valence-corrected chi connectivity index (χ4v) is 1.58. The first-order valence-corrected chi connectivity index (χ1v) is 6.07. The van der Waals surface area contributed by atoms with E-state index in [1.54, 1.807) is 18.2 Å². The molecule has 0 aliphatic heterocycles. The summed E-state index contributed by atoms with van der Waals surface area (Å²) in [6.07, 6.45) is 1.52. The highest BCUT2D eigenvalue weighted by atomic mass is 35.5. The zero-order valence-electron chi connectivity index (χ0n) is 10.4. The van der Waals surface area contributed by atoms with Gasteiger partial charge in [0.1, 0.15) is 6.61 Å². The zero-order chi connectivity index (χ0) is 14.4. The van der Waals surface area contributed by atoms with Crippen LogP contribution >= 0.6 is 23.2 Å². The molecule has 0 bridgehead atoms. The van der Waals surface area contributed by atoms with Gasteiger partial charge in [0.25, 0.3) is 0 Å². The van der Waals surface area contributed by atoms with Crippen LogP contribution in [0.5, 0.6) is 0 Å². The number of esters is 2. The Kier molecular flexibility index (Phi) is 5.86. The van der Waals surface area contributed by atoms with Crippen LogP contribution in [0.25, 0.3) is 6.08 Å². The number of carbonyl (C=O) groups excluding carboxylic acids is 2. The highest BCUT2D eigenvalue weighted by Gasteiger charge is 2.12. The first kappa shape index (κ1) is 15.5. The average molecular weight is 303 g/mol. The third kappa shape index (κ3) is 4.93. The second-order valence-corrected chi connectivity index (χ2v) is 4.43. The number of ether oxygens (including phenoxy) is 2. The topological polar surface area (TPSA) is 52.6 Å². The molecule has 0 atom stereocenters. The Morgan fingerprint density at radius 2 is 1.95 bits per heavy atom. The predicted octanol–water partition coefficient (Wildman–Crippen LogP) is 3.11. The Balaban J connectivity index is 3.00. The van der Waals surface area contributed by atoms with E-state index in [1.165, 1.54) is 20.1 Å². The fraction of sp³-hybridized carbons (Fsp3) is 0.231. The van der Waals surface area contributed by atoms with Gasteiger partial charge in [-0.25, -0.2) is 4.79 Å². The summed E-state index contributed by atoms with van der Waals surface area (Å²) in [5, 5.41) is 0.783. The van der Waals surface area contributed by atoms with E-state index in [1.807, 2.05) is 0 Å². The summed E-state index contributed by atoms with van der Waals surface area (Å²) >= 11 is 11.7. The van der Waals surface area contributed by atoms with Crippen molar-refractivity contribution in [3.63, 3.8) is 0 Å². The quantitative estimate of drug-likeness (QED) is 0.633. The number of halogens is 2. The standard InChI is InChI=1S/C13H12Cl2O4/c1-8(16)19-7-10(13(17)18-2)5-9-3-4-11(14)12(15)6-9/h3-6H,7H2,1-2H3/b10-5+. The summed E-state index contributed by atoms with van der Waals surface area (Å²) < 4.78 is 9.40. The molecule has 0 N–H and O–H groups in total. The Hall–Kier alpha value is -1.52. The van der Waals surface area contributed by atoms with Gasteiger partial charge in [-0.2, -0.15) is 0 Å². The van der Waals surface area contributed by atoms with Gasteiger partial charge in [0.2, 0.25) is 0 Å². The van der Waals surface area contributed by atoms with Gasteiger partial charge < -0.3 is 9.47 Å². The van der Waals surface area contributed by atoms with Crippen molar-refractivity contribution in [3.8, 4) is 0 Å². The van der Waals surface area contributed by atoms with Crippen molar-refractivity contribution in [2.45, 2.75) is 6.92 Å². The highest BCUT2D eigenvalue weighted by molar-refractivity contribution is 6.42. The van der Waals surface area contributed by atoms with Crippen molar-refractivity contribution >= 4 is 41.2 Å². The van der Waals surface area contributed by atoms with Crippen molar-refractivity contribution in [1.29, 1.82) is 0 Å². The molecule has 1 aromatic rings. The second kappa shape index (κ2) is 7.16. The van der Waals surface area contributed by atoms with Gasteiger partial charge in [0.05, 0.1) is 22.7 Å². The van der Waals surface area contributed by atoms with Gasteiger partial charge in [0, 0.05) is 6.92 Å². The van der Waals surface area contributed by atoms with Crippen LogP contribution in [0.1, 0.15) is 12.5 Å². The maximum absolute atomic E-state index is 11.5. The van der Waals surface area contributed by atoms with E-state index in [0.29, 0.717) is 15.6 Å². The molecule has 0 heterocycles. The van der Waals surface area contributed by atoms with E-state index in [9.17, 15) is 9.59 Å². The largest absolute Gasteiger partial charge is 0.466 e. The molecule has 0 aliphatic carbocycles. The van der Waals surface area contributed by atoms with E-state index in [2.05, 4.69) is 4.74 Å². The molecule has 0 spiro atoms. The smallest absolute Gasteiger partial charge is 0.337 e. The third-order valence-electron chi connectivity index (χ3n) is 2.16. The molecule has 0 radical (unpaired) electrons. The molecule has 102 valence electrons. The van der Waals surface area contributed by atoms with Crippen LogP contribution in [0.4, 0.5) is 0 Å². The SMILES string of the molecule is COC(=O)/C(=C/c1ccc(Cl)c(Cl)c1)COC(C)=O. The van der Waals surface area contributed by atoms with Gasteiger partial charge in [0.15, 0.2) is 0 Å². The van der Waals surface area contributed by atoms with Crippen LogP contribution in [-0.2, 0) is 19.1 Å². The minimum Gasteiger partial charge on any atom is -0.466 e. The first-order chi connectivity index (χ1) is 8.93. The molecular formula is C13H12Cl2O4. The first-order valence-electron chi connectivity index (χ1n) is 5.31. The number of hydrogen-bond acceptors (Lipinski definition) is 4. The van der Waals surface area contributed by atoms with Crippen LogP contribution in [0, 0.1) is 0 Å². The lowest BCUT2D eigenvalue weighted by molar-refractivity contribution is -0.141. The summed E-state index contributed by atoms with van der Waals surface area (Å²) in [4.78, 5) is 22.3. The predicted molar refractivity (Wildman–Crippen MR) is 73.1 cm³/mol. The molecule has 1 rings (SSSR count). The summed E-state index contributed by atoms with van der Waals surface area (Å²) in [7, 11) is 1.25. The van der Waals surface area contributed by atoms with Gasteiger partial charge in [-0.1, -0.05) is 29.3 Å². The number of carbonyl (C=O) groups is 2. The molecular weight excluding hydrogens is 291 g/mol. The molecule has 0 unspecified atom stereocenters. The second-order valence-electron chi connectivity index (χ2n) is 3.61. The van der Waals surface area contributed by atoms with E-state index in [-0.39, 0.29) is 12.2 Å².